The van der Waals surface area contributed by atoms with Gasteiger partial charge in [0.15, 0.2) is 11.5 Å². The normalized spacial score (nSPS) is 20.1. The van der Waals surface area contributed by atoms with Gasteiger partial charge in [-0.15, -0.1) is 0 Å². The zero-order chi connectivity index (χ0) is 14.5. The summed E-state index contributed by atoms with van der Waals surface area (Å²) < 4.78 is 40.2. The van der Waals surface area contributed by atoms with Gasteiger partial charge in [-0.1, -0.05) is 12.1 Å². The SMILES string of the molecule is COc1cccc(CN2CCOCC2C)c1OC(F)F. The molecule has 0 aliphatic carbocycles. The second kappa shape index (κ2) is 6.85. The van der Waals surface area contributed by atoms with Crippen molar-refractivity contribution in [1.82, 2.24) is 4.90 Å². The minimum absolute atomic E-state index is 0.115. The molecule has 1 saturated heterocycles. The maximum absolute atomic E-state index is 12.6. The van der Waals surface area contributed by atoms with Crippen LogP contribution in [0.25, 0.3) is 0 Å². The first-order chi connectivity index (χ1) is 9.61. The summed E-state index contributed by atoms with van der Waals surface area (Å²) in [7, 11) is 1.44. The van der Waals surface area contributed by atoms with E-state index in [9.17, 15) is 8.78 Å². The fourth-order valence-electron chi connectivity index (χ4n) is 2.28. The minimum atomic E-state index is -2.87. The van der Waals surface area contributed by atoms with Crippen LogP contribution in [0.4, 0.5) is 8.78 Å². The molecule has 1 aliphatic rings. The van der Waals surface area contributed by atoms with Crippen LogP contribution in [0.1, 0.15) is 12.5 Å². The van der Waals surface area contributed by atoms with Gasteiger partial charge in [-0.25, -0.2) is 0 Å². The quantitative estimate of drug-likeness (QED) is 0.832. The van der Waals surface area contributed by atoms with Crippen molar-refractivity contribution < 1.29 is 23.0 Å². The molecule has 0 amide bonds. The third-order valence-electron chi connectivity index (χ3n) is 3.37. The first-order valence-corrected chi connectivity index (χ1v) is 6.54. The van der Waals surface area contributed by atoms with E-state index in [0.29, 0.717) is 31.1 Å². The Morgan fingerprint density at radius 3 is 2.90 bits per heavy atom. The van der Waals surface area contributed by atoms with Crippen LogP contribution in [0.2, 0.25) is 0 Å². The summed E-state index contributed by atoms with van der Waals surface area (Å²) in [6, 6.07) is 5.42. The number of methoxy groups -OCH3 is 1. The summed E-state index contributed by atoms with van der Waals surface area (Å²) >= 11 is 0. The van der Waals surface area contributed by atoms with Gasteiger partial charge in [-0.3, -0.25) is 4.90 Å². The molecule has 0 spiro atoms. The molecule has 0 aromatic heterocycles. The highest BCUT2D eigenvalue weighted by Gasteiger charge is 2.22. The lowest BCUT2D eigenvalue weighted by Gasteiger charge is -2.33. The number of nitrogens with zero attached hydrogens (tertiary/aromatic N) is 1. The van der Waals surface area contributed by atoms with Gasteiger partial charge in [0.25, 0.3) is 0 Å². The van der Waals surface area contributed by atoms with Gasteiger partial charge >= 0.3 is 6.61 Å². The summed E-state index contributed by atoms with van der Waals surface area (Å²) in [5, 5.41) is 0. The maximum Gasteiger partial charge on any atom is 0.387 e. The van der Waals surface area contributed by atoms with Crippen LogP contribution < -0.4 is 9.47 Å². The highest BCUT2D eigenvalue weighted by atomic mass is 19.3. The van der Waals surface area contributed by atoms with E-state index in [0.717, 1.165) is 6.54 Å². The third kappa shape index (κ3) is 3.58. The number of halogens is 2. The van der Waals surface area contributed by atoms with E-state index in [2.05, 4.69) is 9.64 Å². The van der Waals surface area contributed by atoms with Crippen molar-refractivity contribution >= 4 is 0 Å². The molecule has 4 nitrogen and oxygen atoms in total. The number of alkyl halides is 2. The van der Waals surface area contributed by atoms with E-state index in [4.69, 9.17) is 9.47 Å². The summed E-state index contributed by atoms with van der Waals surface area (Å²) in [6.45, 7) is 1.78. The van der Waals surface area contributed by atoms with Crippen molar-refractivity contribution in [1.29, 1.82) is 0 Å². The Bertz CT molecular complexity index is 442. The van der Waals surface area contributed by atoms with Crippen LogP contribution >= 0.6 is 0 Å². The molecular weight excluding hydrogens is 268 g/mol. The van der Waals surface area contributed by atoms with Gasteiger partial charge in [0.05, 0.1) is 20.3 Å². The van der Waals surface area contributed by atoms with Crippen molar-refractivity contribution in [3.63, 3.8) is 0 Å². The lowest BCUT2D eigenvalue weighted by Crippen LogP contribution is -2.43. The lowest BCUT2D eigenvalue weighted by atomic mass is 10.1. The monoisotopic (exact) mass is 287 g/mol. The molecule has 0 saturated carbocycles. The predicted molar refractivity (Wildman–Crippen MR) is 70.3 cm³/mol. The molecule has 1 atom stereocenters. The molecule has 1 aliphatic heterocycles. The maximum atomic E-state index is 12.6. The number of benzene rings is 1. The lowest BCUT2D eigenvalue weighted by molar-refractivity contribution is -0.0530. The Hall–Kier alpha value is -1.40. The average Bonchev–Trinajstić information content (AvgIpc) is 2.42. The largest absolute Gasteiger partial charge is 0.493 e. The molecule has 1 aromatic rings. The molecule has 1 aromatic carbocycles. The van der Waals surface area contributed by atoms with E-state index in [1.807, 2.05) is 6.92 Å². The zero-order valence-electron chi connectivity index (χ0n) is 11.6. The van der Waals surface area contributed by atoms with Gasteiger partial charge in [0, 0.05) is 24.7 Å². The van der Waals surface area contributed by atoms with Gasteiger partial charge in [0.2, 0.25) is 0 Å². The second-order valence-corrected chi connectivity index (χ2v) is 4.72. The number of morpholine rings is 1. The van der Waals surface area contributed by atoms with Crippen molar-refractivity contribution in [2.45, 2.75) is 26.1 Å². The third-order valence-corrected chi connectivity index (χ3v) is 3.37. The topological polar surface area (TPSA) is 30.9 Å². The van der Waals surface area contributed by atoms with Crippen LogP contribution in [-0.2, 0) is 11.3 Å². The van der Waals surface area contributed by atoms with E-state index in [-0.39, 0.29) is 11.8 Å². The van der Waals surface area contributed by atoms with Crippen molar-refractivity contribution in [3.05, 3.63) is 23.8 Å². The van der Waals surface area contributed by atoms with E-state index >= 15 is 0 Å². The second-order valence-electron chi connectivity index (χ2n) is 4.72. The smallest absolute Gasteiger partial charge is 0.387 e. The van der Waals surface area contributed by atoms with Crippen LogP contribution in [-0.4, -0.2) is 44.4 Å². The van der Waals surface area contributed by atoms with Gasteiger partial charge in [-0.05, 0) is 13.0 Å². The number of ether oxygens (including phenoxy) is 3. The van der Waals surface area contributed by atoms with Crippen LogP contribution in [0.5, 0.6) is 11.5 Å². The molecule has 0 N–H and O–H groups in total. The summed E-state index contributed by atoms with van der Waals surface area (Å²) in [5.41, 5.74) is 0.693. The van der Waals surface area contributed by atoms with E-state index in [1.54, 1.807) is 18.2 Å². The number of rotatable bonds is 5. The standard InChI is InChI=1S/C14H19F2NO3/c1-10-9-19-7-6-17(10)8-11-4-3-5-12(18-2)13(11)20-14(15)16/h3-5,10,14H,6-9H2,1-2H3. The van der Waals surface area contributed by atoms with Crippen molar-refractivity contribution in [3.8, 4) is 11.5 Å². The van der Waals surface area contributed by atoms with Gasteiger partial charge in [0.1, 0.15) is 0 Å². The Morgan fingerprint density at radius 1 is 1.45 bits per heavy atom. The predicted octanol–water partition coefficient (Wildman–Crippen LogP) is 2.52. The number of hydrogen-bond donors (Lipinski definition) is 0. The molecule has 112 valence electrons. The molecule has 6 heteroatoms. The van der Waals surface area contributed by atoms with Crippen LogP contribution in [0.15, 0.2) is 18.2 Å². The molecule has 1 heterocycles. The summed E-state index contributed by atoms with van der Waals surface area (Å²) in [5.74, 6) is 0.437. The van der Waals surface area contributed by atoms with Gasteiger partial charge < -0.3 is 14.2 Å². The molecule has 1 unspecified atom stereocenters. The average molecular weight is 287 g/mol. The Morgan fingerprint density at radius 2 is 2.25 bits per heavy atom. The van der Waals surface area contributed by atoms with E-state index < -0.39 is 6.61 Å². The molecule has 2 rings (SSSR count). The molecule has 0 radical (unpaired) electrons. The number of para-hydroxylation sites is 1. The van der Waals surface area contributed by atoms with Crippen molar-refractivity contribution in [2.75, 3.05) is 26.9 Å². The molecule has 1 fully saturated rings. The summed E-state index contributed by atoms with van der Waals surface area (Å²) in [4.78, 5) is 2.18. The fourth-order valence-corrected chi connectivity index (χ4v) is 2.28. The highest BCUT2D eigenvalue weighted by molar-refractivity contribution is 5.46. The Labute approximate surface area is 117 Å². The Balaban J connectivity index is 2.21. The zero-order valence-corrected chi connectivity index (χ0v) is 11.6. The Kier molecular flexibility index (Phi) is 5.14. The molecular formula is C14H19F2NO3. The van der Waals surface area contributed by atoms with Crippen molar-refractivity contribution in [2.24, 2.45) is 0 Å². The van der Waals surface area contributed by atoms with Crippen LogP contribution in [0, 0.1) is 0 Å². The van der Waals surface area contributed by atoms with Crippen LogP contribution in [0.3, 0.4) is 0 Å². The van der Waals surface area contributed by atoms with Gasteiger partial charge in [-0.2, -0.15) is 8.78 Å². The first-order valence-electron chi connectivity index (χ1n) is 6.54. The molecule has 20 heavy (non-hydrogen) atoms. The number of hydrogen-bond acceptors (Lipinski definition) is 4. The minimum Gasteiger partial charge on any atom is -0.493 e. The summed E-state index contributed by atoms with van der Waals surface area (Å²) in [6.07, 6.45) is 0. The first kappa shape index (κ1) is 15.0. The van der Waals surface area contributed by atoms with E-state index in [1.165, 1.54) is 7.11 Å². The molecule has 0 bridgehead atoms. The highest BCUT2D eigenvalue weighted by Crippen LogP contribution is 2.33. The fraction of sp³-hybridized carbons (Fsp3) is 0.571.